The molecule has 1 unspecified atom stereocenters. The third-order valence-electron chi connectivity index (χ3n) is 3.43. The Labute approximate surface area is 123 Å². The van der Waals surface area contributed by atoms with E-state index in [9.17, 15) is 8.78 Å². The molecule has 21 heavy (non-hydrogen) atoms. The Kier molecular flexibility index (Phi) is 3.11. The molecule has 110 valence electrons. The summed E-state index contributed by atoms with van der Waals surface area (Å²) in [7, 11) is 0. The highest BCUT2D eigenvalue weighted by Gasteiger charge is 2.35. The highest BCUT2D eigenvalue weighted by molar-refractivity contribution is 6.35. The number of nitrogens with one attached hydrogen (secondary N) is 2. The first-order valence-electron chi connectivity index (χ1n) is 6.08. The van der Waals surface area contributed by atoms with Crippen LogP contribution in [0.15, 0.2) is 41.9 Å². The Hall–Kier alpha value is -2.12. The molecule has 1 aliphatic heterocycles. The number of aromatic nitrogens is 2. The molecule has 6 N–H and O–H groups in total. The lowest BCUT2D eigenvalue weighted by atomic mass is 9.93. The van der Waals surface area contributed by atoms with Gasteiger partial charge in [-0.05, 0) is 24.3 Å². The molecule has 0 aliphatic carbocycles. The number of hydrogen-bond donors (Lipinski definition) is 4. The number of rotatable bonds is 2. The molecule has 2 aromatic rings. The van der Waals surface area contributed by atoms with E-state index >= 15 is 0 Å². The van der Waals surface area contributed by atoms with Crippen LogP contribution in [-0.2, 0) is 5.66 Å². The molecule has 0 saturated carbocycles. The van der Waals surface area contributed by atoms with Crippen LogP contribution in [0.1, 0.15) is 5.56 Å². The topological polar surface area (TPSA) is 92.7 Å². The van der Waals surface area contributed by atoms with Crippen LogP contribution < -0.4 is 16.8 Å². The largest absolute Gasteiger partial charge is 0.399 e. The van der Waals surface area contributed by atoms with Gasteiger partial charge >= 0.3 is 0 Å². The van der Waals surface area contributed by atoms with E-state index in [4.69, 9.17) is 23.1 Å². The van der Waals surface area contributed by atoms with E-state index in [1.54, 1.807) is 18.3 Å². The fourth-order valence-electron chi connectivity index (χ4n) is 2.26. The van der Waals surface area contributed by atoms with Gasteiger partial charge in [-0.3, -0.25) is 10.8 Å². The Morgan fingerprint density at radius 2 is 2.05 bits per heavy atom. The van der Waals surface area contributed by atoms with E-state index in [1.807, 2.05) is 0 Å². The summed E-state index contributed by atoms with van der Waals surface area (Å²) in [4.78, 5) is 0. The van der Waals surface area contributed by atoms with E-state index in [0.717, 1.165) is 0 Å². The van der Waals surface area contributed by atoms with Crippen LogP contribution in [0.3, 0.4) is 0 Å². The number of benzene rings is 1. The average Bonchev–Trinajstić information content (AvgIpc) is 2.90. The molecule has 0 saturated heterocycles. The van der Waals surface area contributed by atoms with Gasteiger partial charge in [0.1, 0.15) is 0 Å². The average molecular weight is 312 g/mol. The number of nitrogens with two attached hydrogens (primary N) is 2. The smallest absolute Gasteiger partial charge is 0.277 e. The van der Waals surface area contributed by atoms with Crippen molar-refractivity contribution < 1.29 is 8.78 Å². The number of allylic oxidation sites excluding steroid dienone is 3. The summed E-state index contributed by atoms with van der Waals surface area (Å²) >= 11 is 6.15. The summed E-state index contributed by atoms with van der Waals surface area (Å²) in [6.45, 7) is 0. The van der Waals surface area contributed by atoms with Crippen molar-refractivity contribution in [1.82, 2.24) is 15.5 Å². The fourth-order valence-corrected chi connectivity index (χ4v) is 2.53. The number of hydrogen-bond acceptors (Lipinski definition) is 4. The maximum atomic E-state index is 12.9. The van der Waals surface area contributed by atoms with Crippen LogP contribution >= 0.6 is 11.6 Å². The fraction of sp³-hybridized carbons (Fsp3) is 0.154. The Morgan fingerprint density at radius 3 is 2.76 bits per heavy atom. The van der Waals surface area contributed by atoms with E-state index in [0.29, 0.717) is 21.5 Å². The number of nitrogens with zero attached hydrogens (tertiary/aromatic N) is 1. The normalized spacial score (nSPS) is 22.1. The predicted octanol–water partition coefficient (Wildman–Crippen LogP) is 1.92. The van der Waals surface area contributed by atoms with E-state index in [1.165, 1.54) is 12.2 Å². The van der Waals surface area contributed by atoms with Gasteiger partial charge in [-0.15, -0.1) is 0 Å². The van der Waals surface area contributed by atoms with Crippen LogP contribution in [0.2, 0.25) is 5.02 Å². The molecule has 0 radical (unpaired) electrons. The van der Waals surface area contributed by atoms with Gasteiger partial charge in [0.2, 0.25) is 0 Å². The standard InChI is InChI=1S/C13H12ClF2N5/c14-8-4-7(3-6-5-19-21-11(6)8)13(18)10(17)2-1-9(20-13)12(15)16/h1-5,12,20H,17-18H2,(H,19,21). The predicted molar refractivity (Wildman–Crippen MR) is 76.5 cm³/mol. The zero-order chi connectivity index (χ0) is 15.2. The minimum Gasteiger partial charge on any atom is -0.399 e. The molecule has 3 rings (SSSR count). The molecule has 0 spiro atoms. The highest BCUT2D eigenvalue weighted by Crippen LogP contribution is 2.32. The van der Waals surface area contributed by atoms with E-state index in [2.05, 4.69) is 15.5 Å². The lowest BCUT2D eigenvalue weighted by Gasteiger charge is -2.36. The van der Waals surface area contributed by atoms with Crippen LogP contribution in [0, 0.1) is 0 Å². The van der Waals surface area contributed by atoms with Gasteiger partial charge in [-0.2, -0.15) is 5.10 Å². The van der Waals surface area contributed by atoms with E-state index in [-0.39, 0.29) is 11.4 Å². The SMILES string of the molecule is NC1=CC=C(C(F)F)NC1(N)c1cc(Cl)c2[nH]ncc2c1. The van der Waals surface area contributed by atoms with Crippen LogP contribution in [0.5, 0.6) is 0 Å². The number of dihydropyridines is 1. The lowest BCUT2D eigenvalue weighted by molar-refractivity contribution is 0.170. The maximum Gasteiger partial charge on any atom is 0.277 e. The molecule has 1 aromatic carbocycles. The summed E-state index contributed by atoms with van der Waals surface area (Å²) in [5.74, 6) is 0. The molecule has 1 aliphatic rings. The van der Waals surface area contributed by atoms with Crippen molar-refractivity contribution in [3.8, 4) is 0 Å². The van der Waals surface area contributed by atoms with Gasteiger partial charge in [0.15, 0.2) is 5.66 Å². The van der Waals surface area contributed by atoms with Crippen molar-refractivity contribution in [3.05, 3.63) is 52.5 Å². The van der Waals surface area contributed by atoms with Gasteiger partial charge in [0.25, 0.3) is 6.43 Å². The second kappa shape index (κ2) is 4.71. The third-order valence-corrected chi connectivity index (χ3v) is 3.73. The summed E-state index contributed by atoms with van der Waals surface area (Å²) in [6.07, 6.45) is 1.47. The summed E-state index contributed by atoms with van der Waals surface area (Å²) in [6, 6.07) is 3.27. The number of H-pyrrole nitrogens is 1. The maximum absolute atomic E-state index is 12.9. The van der Waals surface area contributed by atoms with Crippen molar-refractivity contribution in [2.45, 2.75) is 12.1 Å². The van der Waals surface area contributed by atoms with Crippen molar-refractivity contribution in [1.29, 1.82) is 0 Å². The van der Waals surface area contributed by atoms with Gasteiger partial charge in [0.05, 0.1) is 28.1 Å². The second-order valence-corrected chi connectivity index (χ2v) is 5.18. The summed E-state index contributed by atoms with van der Waals surface area (Å²) in [5.41, 5.74) is 11.7. The van der Waals surface area contributed by atoms with Crippen molar-refractivity contribution >= 4 is 22.5 Å². The molecular weight excluding hydrogens is 300 g/mol. The quantitative estimate of drug-likeness (QED) is 0.682. The van der Waals surface area contributed by atoms with Gasteiger partial charge in [-0.25, -0.2) is 8.78 Å². The molecule has 1 atom stereocenters. The van der Waals surface area contributed by atoms with Gasteiger partial charge in [0, 0.05) is 10.9 Å². The number of fused-ring (bicyclic) bond motifs is 1. The lowest BCUT2D eigenvalue weighted by Crippen LogP contribution is -2.55. The molecule has 2 heterocycles. The first-order chi connectivity index (χ1) is 9.91. The molecule has 8 heteroatoms. The number of alkyl halides is 2. The third kappa shape index (κ3) is 2.14. The number of halogens is 3. The van der Waals surface area contributed by atoms with Crippen LogP contribution in [0.4, 0.5) is 8.78 Å². The Balaban J connectivity index is 2.12. The minimum atomic E-state index is -2.68. The number of aromatic amines is 1. The molecule has 0 fully saturated rings. The molecule has 5 nitrogen and oxygen atoms in total. The highest BCUT2D eigenvalue weighted by atomic mass is 35.5. The van der Waals surface area contributed by atoms with E-state index < -0.39 is 12.1 Å². The van der Waals surface area contributed by atoms with Crippen LogP contribution in [0.25, 0.3) is 10.9 Å². The molecule has 1 aromatic heterocycles. The Bertz CT molecular complexity index is 767. The minimum absolute atomic E-state index is 0.214. The van der Waals surface area contributed by atoms with Crippen molar-refractivity contribution in [2.24, 2.45) is 11.5 Å². The summed E-state index contributed by atoms with van der Waals surface area (Å²) < 4.78 is 25.8. The zero-order valence-corrected chi connectivity index (χ0v) is 11.5. The summed E-state index contributed by atoms with van der Waals surface area (Å²) in [5, 5.41) is 10.3. The molecular formula is C13H12ClF2N5. The molecule has 0 bridgehead atoms. The molecule has 0 amide bonds. The first kappa shape index (κ1) is 13.8. The van der Waals surface area contributed by atoms with Crippen LogP contribution in [-0.4, -0.2) is 16.6 Å². The van der Waals surface area contributed by atoms with Crippen molar-refractivity contribution in [2.75, 3.05) is 0 Å². The van der Waals surface area contributed by atoms with Crippen molar-refractivity contribution in [3.63, 3.8) is 0 Å². The first-order valence-corrected chi connectivity index (χ1v) is 6.46. The zero-order valence-electron chi connectivity index (χ0n) is 10.7. The Morgan fingerprint density at radius 1 is 1.29 bits per heavy atom. The van der Waals surface area contributed by atoms with Gasteiger partial charge in [-0.1, -0.05) is 11.6 Å². The second-order valence-electron chi connectivity index (χ2n) is 4.77. The monoisotopic (exact) mass is 311 g/mol. The van der Waals surface area contributed by atoms with Gasteiger partial charge < -0.3 is 11.1 Å².